The first-order valence-electron chi connectivity index (χ1n) is 13.6. The molecule has 0 unspecified atom stereocenters. The van der Waals surface area contributed by atoms with Crippen molar-refractivity contribution >= 4 is 26.7 Å². The summed E-state index contributed by atoms with van der Waals surface area (Å²) >= 11 is 0. The number of halogens is 1. The maximum atomic E-state index is 14.1. The zero-order valence-corrected chi connectivity index (χ0v) is 23.6. The van der Waals surface area contributed by atoms with E-state index in [1.807, 2.05) is 0 Å². The number of rotatable bonds is 10. The molecular formula is C32H32FNO6S. The standard InChI is InChI=1S/C32H32FNO6S/c1-41(37,38)40-27-11-14-29-23(20-27)7-12-30(28-13-8-25(33)19-24(28)21-35)31(29)32(36)22-5-9-26(10-6-22)39-18-17-34-15-3-2-4-16-34/h5-14,19-20,35H,2-4,15-18,21H2,1H3. The first-order chi connectivity index (χ1) is 19.7. The van der Waals surface area contributed by atoms with Crippen LogP contribution >= 0.6 is 0 Å². The van der Waals surface area contributed by atoms with Gasteiger partial charge in [-0.05, 0) is 108 Å². The molecule has 0 atom stereocenters. The van der Waals surface area contributed by atoms with Gasteiger partial charge in [-0.3, -0.25) is 9.69 Å². The summed E-state index contributed by atoms with van der Waals surface area (Å²) in [6, 6.07) is 19.1. The Balaban J connectivity index is 1.50. The van der Waals surface area contributed by atoms with E-state index in [1.54, 1.807) is 54.6 Å². The lowest BCUT2D eigenvalue weighted by atomic mass is 9.87. The van der Waals surface area contributed by atoms with Gasteiger partial charge in [0, 0.05) is 17.7 Å². The van der Waals surface area contributed by atoms with E-state index in [4.69, 9.17) is 8.92 Å². The van der Waals surface area contributed by atoms with Crippen LogP contribution in [-0.2, 0) is 16.7 Å². The van der Waals surface area contributed by atoms with Gasteiger partial charge in [0.25, 0.3) is 0 Å². The summed E-state index contributed by atoms with van der Waals surface area (Å²) in [6.07, 6.45) is 4.68. The third-order valence-corrected chi connectivity index (χ3v) is 7.73. The topological polar surface area (TPSA) is 93.1 Å². The number of aliphatic hydroxyl groups excluding tert-OH is 1. The van der Waals surface area contributed by atoms with E-state index in [0.717, 1.165) is 25.9 Å². The number of hydrogen-bond acceptors (Lipinski definition) is 7. The molecule has 0 aliphatic carbocycles. The second-order valence-electron chi connectivity index (χ2n) is 10.2. The zero-order valence-electron chi connectivity index (χ0n) is 22.8. The number of hydrogen-bond donors (Lipinski definition) is 1. The van der Waals surface area contributed by atoms with E-state index in [-0.39, 0.29) is 11.5 Å². The van der Waals surface area contributed by atoms with Crippen molar-refractivity contribution in [3.63, 3.8) is 0 Å². The van der Waals surface area contributed by atoms with Gasteiger partial charge in [0.2, 0.25) is 0 Å². The van der Waals surface area contributed by atoms with Gasteiger partial charge in [-0.2, -0.15) is 8.42 Å². The molecule has 4 aromatic rings. The van der Waals surface area contributed by atoms with Crippen LogP contribution < -0.4 is 8.92 Å². The number of piperidine rings is 1. The van der Waals surface area contributed by atoms with Gasteiger partial charge in [0.05, 0.1) is 12.9 Å². The minimum absolute atomic E-state index is 0.120. The highest BCUT2D eigenvalue weighted by molar-refractivity contribution is 7.86. The Morgan fingerprint density at radius 2 is 1.61 bits per heavy atom. The van der Waals surface area contributed by atoms with Crippen LogP contribution in [0.15, 0.2) is 72.8 Å². The van der Waals surface area contributed by atoms with Crippen LogP contribution in [0, 0.1) is 5.82 Å². The van der Waals surface area contributed by atoms with Crippen molar-refractivity contribution in [1.82, 2.24) is 4.90 Å². The molecule has 0 bridgehead atoms. The summed E-state index contributed by atoms with van der Waals surface area (Å²) in [5.74, 6) is 0.00997. The number of nitrogens with zero attached hydrogens (tertiary/aromatic N) is 1. The molecule has 5 rings (SSSR count). The fourth-order valence-corrected chi connectivity index (χ4v) is 5.74. The van der Waals surface area contributed by atoms with Gasteiger partial charge in [-0.1, -0.05) is 24.6 Å². The average Bonchev–Trinajstić information content (AvgIpc) is 2.96. The normalized spacial score (nSPS) is 14.2. The van der Waals surface area contributed by atoms with E-state index in [2.05, 4.69) is 4.90 Å². The molecule has 0 amide bonds. The molecule has 9 heteroatoms. The number of carbonyl (C=O) groups is 1. The van der Waals surface area contributed by atoms with Crippen LogP contribution in [-0.4, -0.2) is 56.7 Å². The predicted molar refractivity (Wildman–Crippen MR) is 156 cm³/mol. The Kier molecular flexibility index (Phi) is 8.68. The molecule has 1 aliphatic rings. The lowest BCUT2D eigenvalue weighted by molar-refractivity contribution is 0.104. The molecule has 0 radical (unpaired) electrons. The van der Waals surface area contributed by atoms with Crippen LogP contribution in [0.4, 0.5) is 4.39 Å². The van der Waals surface area contributed by atoms with Crippen molar-refractivity contribution < 1.29 is 31.6 Å². The van der Waals surface area contributed by atoms with Gasteiger partial charge in [0.15, 0.2) is 5.78 Å². The molecule has 1 saturated heterocycles. The largest absolute Gasteiger partial charge is 0.492 e. The first-order valence-corrected chi connectivity index (χ1v) is 15.4. The molecule has 0 aromatic heterocycles. The second kappa shape index (κ2) is 12.4. The van der Waals surface area contributed by atoms with Crippen molar-refractivity contribution in [3.05, 3.63) is 95.3 Å². The van der Waals surface area contributed by atoms with Crippen molar-refractivity contribution in [3.8, 4) is 22.6 Å². The minimum Gasteiger partial charge on any atom is -0.492 e. The Bertz CT molecular complexity index is 1660. The molecule has 0 spiro atoms. The van der Waals surface area contributed by atoms with E-state index in [9.17, 15) is 22.7 Å². The van der Waals surface area contributed by atoms with Gasteiger partial charge < -0.3 is 14.0 Å². The lowest BCUT2D eigenvalue weighted by Gasteiger charge is -2.26. The van der Waals surface area contributed by atoms with E-state index in [1.165, 1.54) is 37.5 Å². The first kappa shape index (κ1) is 28.7. The van der Waals surface area contributed by atoms with E-state index < -0.39 is 22.5 Å². The second-order valence-corrected chi connectivity index (χ2v) is 11.8. The van der Waals surface area contributed by atoms with E-state index >= 15 is 0 Å². The number of benzene rings is 4. The molecule has 7 nitrogen and oxygen atoms in total. The summed E-state index contributed by atoms with van der Waals surface area (Å²) < 4.78 is 48.3. The lowest BCUT2D eigenvalue weighted by Crippen LogP contribution is -2.33. The highest BCUT2D eigenvalue weighted by atomic mass is 32.2. The predicted octanol–water partition coefficient (Wildman–Crippen LogP) is 5.57. The number of aliphatic hydroxyl groups is 1. The Labute approximate surface area is 239 Å². The molecule has 41 heavy (non-hydrogen) atoms. The quantitative estimate of drug-likeness (QED) is 0.195. The fraction of sp³-hybridized carbons (Fsp3) is 0.281. The molecule has 0 saturated carbocycles. The molecule has 1 fully saturated rings. The zero-order chi connectivity index (χ0) is 29.0. The molecule has 1 aliphatic heterocycles. The Morgan fingerprint density at radius 1 is 0.902 bits per heavy atom. The molecule has 1 heterocycles. The van der Waals surface area contributed by atoms with Gasteiger partial charge in [-0.25, -0.2) is 4.39 Å². The van der Waals surface area contributed by atoms with Gasteiger partial charge in [0.1, 0.15) is 23.9 Å². The SMILES string of the molecule is CS(=O)(=O)Oc1ccc2c(C(=O)c3ccc(OCCN4CCCCC4)cc3)c(-c3ccc(F)cc3CO)ccc2c1. The number of ketones is 1. The highest BCUT2D eigenvalue weighted by Crippen LogP contribution is 2.36. The van der Waals surface area contributed by atoms with E-state index in [0.29, 0.717) is 50.9 Å². The third-order valence-electron chi connectivity index (χ3n) is 7.24. The summed E-state index contributed by atoms with van der Waals surface area (Å²) in [6.45, 7) is 3.20. The summed E-state index contributed by atoms with van der Waals surface area (Å²) in [7, 11) is -3.74. The molecule has 214 valence electrons. The highest BCUT2D eigenvalue weighted by Gasteiger charge is 2.21. The molecular weight excluding hydrogens is 545 g/mol. The summed E-state index contributed by atoms with van der Waals surface area (Å²) in [4.78, 5) is 16.5. The molecule has 4 aromatic carbocycles. The smallest absolute Gasteiger partial charge is 0.306 e. The fourth-order valence-electron chi connectivity index (χ4n) is 5.28. The van der Waals surface area contributed by atoms with Crippen LogP contribution in [0.25, 0.3) is 21.9 Å². The Hall–Kier alpha value is -3.79. The monoisotopic (exact) mass is 577 g/mol. The molecule has 1 N–H and O–H groups in total. The number of carbonyl (C=O) groups excluding carboxylic acids is 1. The Morgan fingerprint density at radius 3 is 2.32 bits per heavy atom. The van der Waals surface area contributed by atoms with Crippen LogP contribution in [0.1, 0.15) is 40.7 Å². The van der Waals surface area contributed by atoms with Crippen LogP contribution in [0.3, 0.4) is 0 Å². The van der Waals surface area contributed by atoms with Gasteiger partial charge >= 0.3 is 10.1 Å². The number of fused-ring (bicyclic) bond motifs is 1. The third kappa shape index (κ3) is 6.93. The summed E-state index contributed by atoms with van der Waals surface area (Å²) in [5.41, 5.74) is 2.14. The maximum absolute atomic E-state index is 14.1. The maximum Gasteiger partial charge on any atom is 0.306 e. The number of likely N-dealkylation sites (tertiary alicyclic amines) is 1. The van der Waals surface area contributed by atoms with Crippen molar-refractivity contribution in [1.29, 1.82) is 0 Å². The van der Waals surface area contributed by atoms with Crippen LogP contribution in [0.2, 0.25) is 0 Å². The van der Waals surface area contributed by atoms with Gasteiger partial charge in [-0.15, -0.1) is 0 Å². The van der Waals surface area contributed by atoms with Crippen molar-refractivity contribution in [2.45, 2.75) is 25.9 Å². The average molecular weight is 578 g/mol. The summed E-state index contributed by atoms with van der Waals surface area (Å²) in [5, 5.41) is 11.1. The van der Waals surface area contributed by atoms with Crippen LogP contribution in [0.5, 0.6) is 11.5 Å². The number of ether oxygens (including phenoxy) is 1. The minimum atomic E-state index is -3.74. The van der Waals surface area contributed by atoms with Crippen molar-refractivity contribution in [2.24, 2.45) is 0 Å². The van der Waals surface area contributed by atoms with Crippen molar-refractivity contribution in [2.75, 3.05) is 32.5 Å².